The lowest BCUT2D eigenvalue weighted by Gasteiger charge is -2.19. The first-order chi connectivity index (χ1) is 8.14. The van der Waals surface area contributed by atoms with Gasteiger partial charge in [-0.2, -0.15) is 18.2 Å². The van der Waals surface area contributed by atoms with E-state index >= 15 is 0 Å². The number of nitrogens with zero attached hydrogens (tertiary/aromatic N) is 3. The van der Waals surface area contributed by atoms with E-state index in [1.807, 2.05) is 0 Å². The molecule has 5 nitrogen and oxygen atoms in total. The Hall–Kier alpha value is -1.70. The van der Waals surface area contributed by atoms with E-state index in [4.69, 9.17) is 5.21 Å². The van der Waals surface area contributed by atoms with Crippen LogP contribution in [0.1, 0.15) is 32.2 Å². The smallest absolute Gasteiger partial charge is 0.290 e. The Morgan fingerprint density at radius 2 is 1.78 bits per heavy atom. The molecule has 0 fully saturated rings. The van der Waals surface area contributed by atoms with E-state index < -0.39 is 17.3 Å². The van der Waals surface area contributed by atoms with Gasteiger partial charge >= 0.3 is 6.18 Å². The van der Waals surface area contributed by atoms with Crippen molar-refractivity contribution in [2.24, 2.45) is 4.99 Å². The van der Waals surface area contributed by atoms with Crippen molar-refractivity contribution in [3.05, 3.63) is 17.5 Å². The van der Waals surface area contributed by atoms with E-state index in [0.717, 1.165) is 12.4 Å². The van der Waals surface area contributed by atoms with Crippen LogP contribution >= 0.6 is 0 Å². The molecule has 0 spiro atoms. The zero-order valence-electron chi connectivity index (χ0n) is 10.1. The summed E-state index contributed by atoms with van der Waals surface area (Å²) in [4.78, 5) is 10.6. The van der Waals surface area contributed by atoms with Crippen LogP contribution in [0.5, 0.6) is 0 Å². The topological polar surface area (TPSA) is 70.4 Å². The molecule has 0 amide bonds. The van der Waals surface area contributed by atoms with Gasteiger partial charge in [-0.1, -0.05) is 20.8 Å². The molecule has 100 valence electrons. The molecule has 1 aromatic rings. The van der Waals surface area contributed by atoms with Crippen LogP contribution in [0, 0.1) is 0 Å². The van der Waals surface area contributed by atoms with Crippen LogP contribution in [-0.4, -0.2) is 21.5 Å². The number of halogens is 3. The number of nitrogens with one attached hydrogen (secondary N) is 1. The van der Waals surface area contributed by atoms with Crippen LogP contribution in [0.3, 0.4) is 0 Å². The van der Waals surface area contributed by atoms with E-state index in [1.165, 1.54) is 0 Å². The maximum Gasteiger partial charge on any atom is 0.433 e. The molecule has 2 N–H and O–H groups in total. The molecule has 1 heterocycles. The summed E-state index contributed by atoms with van der Waals surface area (Å²) < 4.78 is 38.0. The summed E-state index contributed by atoms with van der Waals surface area (Å²) in [7, 11) is 0. The van der Waals surface area contributed by atoms with Crippen molar-refractivity contribution in [3.8, 4) is 0 Å². The molecule has 1 aromatic heterocycles. The van der Waals surface area contributed by atoms with Crippen molar-refractivity contribution in [1.29, 1.82) is 0 Å². The van der Waals surface area contributed by atoms with Crippen molar-refractivity contribution < 1.29 is 18.4 Å². The second-order valence-electron chi connectivity index (χ2n) is 4.57. The van der Waals surface area contributed by atoms with Crippen molar-refractivity contribution in [1.82, 2.24) is 15.4 Å². The molecule has 0 saturated carbocycles. The highest BCUT2D eigenvalue weighted by atomic mass is 19.4. The molecular formula is C10H13F3N4O. The number of hydrogen-bond acceptors (Lipinski definition) is 4. The van der Waals surface area contributed by atoms with Gasteiger partial charge in [-0.3, -0.25) is 10.7 Å². The Bertz CT molecular complexity index is 419. The van der Waals surface area contributed by atoms with Crippen LogP contribution in [0.15, 0.2) is 11.1 Å². The Morgan fingerprint density at radius 1 is 1.22 bits per heavy atom. The quantitative estimate of drug-likeness (QED) is 0.488. The summed E-state index contributed by atoms with van der Waals surface area (Å²) >= 11 is 0. The number of rotatable bonds is 2. The fraction of sp³-hybridized carbons (Fsp3) is 0.500. The van der Waals surface area contributed by atoms with Crippen LogP contribution in [0.4, 0.5) is 19.1 Å². The zero-order valence-corrected chi connectivity index (χ0v) is 10.1. The summed E-state index contributed by atoms with van der Waals surface area (Å²) in [6.45, 7) is 5.19. The summed E-state index contributed by atoms with van der Waals surface area (Å²) in [5.41, 5.74) is 0.165. The molecule has 0 radical (unpaired) electrons. The molecule has 1 rings (SSSR count). The minimum absolute atomic E-state index is 0.218. The summed E-state index contributed by atoms with van der Waals surface area (Å²) in [5, 5.41) is 8.31. The van der Waals surface area contributed by atoms with Gasteiger partial charge in [0, 0.05) is 5.41 Å². The minimum atomic E-state index is -4.57. The number of aromatic nitrogens is 2. The maximum atomic E-state index is 12.7. The van der Waals surface area contributed by atoms with E-state index in [9.17, 15) is 13.2 Å². The van der Waals surface area contributed by atoms with Crippen LogP contribution in [0.2, 0.25) is 0 Å². The number of hydrogen-bond donors (Lipinski definition) is 2. The molecule has 0 aliphatic carbocycles. The second-order valence-corrected chi connectivity index (χ2v) is 4.57. The standard InChI is InChI=1S/C10H13F3N4O/c1-9(2,3)6-4-7(10(11,12)13)17-8(16-6)14-5-15-18/h4-5,18H,1-3H3,(H,14,15,16,17). The molecule has 0 aromatic carbocycles. The van der Waals surface area contributed by atoms with Crippen molar-refractivity contribution in [2.45, 2.75) is 32.4 Å². The number of hydroxylamine groups is 1. The third-order valence-electron chi connectivity index (χ3n) is 2.01. The summed E-state index contributed by atoms with van der Waals surface area (Å²) in [6.07, 6.45) is -3.78. The van der Waals surface area contributed by atoms with Gasteiger partial charge in [0.25, 0.3) is 5.95 Å². The van der Waals surface area contributed by atoms with E-state index in [2.05, 4.69) is 15.0 Å². The Balaban J connectivity index is 3.34. The van der Waals surface area contributed by atoms with E-state index in [0.29, 0.717) is 0 Å². The molecule has 0 atom stereocenters. The van der Waals surface area contributed by atoms with Gasteiger partial charge in [-0.15, -0.1) is 0 Å². The molecule has 0 aliphatic rings. The molecule has 0 bridgehead atoms. The van der Waals surface area contributed by atoms with Crippen LogP contribution in [-0.2, 0) is 11.6 Å². The highest BCUT2D eigenvalue weighted by molar-refractivity contribution is 5.56. The molecular weight excluding hydrogens is 249 g/mol. The molecule has 18 heavy (non-hydrogen) atoms. The third-order valence-corrected chi connectivity index (χ3v) is 2.01. The van der Waals surface area contributed by atoms with Crippen LogP contribution < -0.4 is 5.48 Å². The van der Waals surface area contributed by atoms with Crippen molar-refractivity contribution in [3.63, 3.8) is 0 Å². The van der Waals surface area contributed by atoms with Gasteiger partial charge in [-0.05, 0) is 6.07 Å². The van der Waals surface area contributed by atoms with E-state index in [1.54, 1.807) is 26.3 Å². The second kappa shape index (κ2) is 4.89. The Labute approximate surface area is 102 Å². The average molecular weight is 262 g/mol. The lowest BCUT2D eigenvalue weighted by atomic mass is 9.91. The largest absolute Gasteiger partial charge is 0.433 e. The van der Waals surface area contributed by atoms with Gasteiger partial charge in [0.2, 0.25) is 0 Å². The molecule has 8 heteroatoms. The van der Waals surface area contributed by atoms with E-state index in [-0.39, 0.29) is 11.6 Å². The number of alkyl halides is 3. The molecule has 0 unspecified atom stereocenters. The first-order valence-corrected chi connectivity index (χ1v) is 5.03. The van der Waals surface area contributed by atoms with Gasteiger partial charge in [-0.25, -0.2) is 9.97 Å². The van der Waals surface area contributed by atoms with Gasteiger partial charge in [0.05, 0.1) is 5.69 Å². The monoisotopic (exact) mass is 262 g/mol. The van der Waals surface area contributed by atoms with Crippen LogP contribution in [0.25, 0.3) is 0 Å². The minimum Gasteiger partial charge on any atom is -0.290 e. The first-order valence-electron chi connectivity index (χ1n) is 5.03. The highest BCUT2D eigenvalue weighted by Crippen LogP contribution is 2.31. The fourth-order valence-electron chi connectivity index (χ4n) is 1.11. The SMILES string of the molecule is CC(C)(C)c1cc(C(F)(F)F)nc(/N=C/NO)n1. The average Bonchev–Trinajstić information content (AvgIpc) is 2.23. The predicted octanol–water partition coefficient (Wildman–Crippen LogP) is 2.43. The molecule has 0 aliphatic heterocycles. The normalized spacial score (nSPS) is 13.1. The third kappa shape index (κ3) is 3.66. The Morgan fingerprint density at radius 3 is 2.22 bits per heavy atom. The number of aliphatic imine (C=N–C) groups is 1. The van der Waals surface area contributed by atoms with Gasteiger partial charge < -0.3 is 0 Å². The zero-order chi connectivity index (χ0) is 14.0. The predicted molar refractivity (Wildman–Crippen MR) is 58.8 cm³/mol. The fourth-order valence-corrected chi connectivity index (χ4v) is 1.11. The summed E-state index contributed by atoms with van der Waals surface area (Å²) in [6, 6.07) is 0.894. The van der Waals surface area contributed by atoms with Crippen molar-refractivity contribution in [2.75, 3.05) is 0 Å². The van der Waals surface area contributed by atoms with Gasteiger partial charge in [0.1, 0.15) is 12.0 Å². The van der Waals surface area contributed by atoms with Gasteiger partial charge in [0.15, 0.2) is 0 Å². The highest BCUT2D eigenvalue weighted by Gasteiger charge is 2.34. The molecule has 0 saturated heterocycles. The van der Waals surface area contributed by atoms with Crippen molar-refractivity contribution >= 4 is 12.3 Å². The summed E-state index contributed by atoms with van der Waals surface area (Å²) in [5.74, 6) is -0.365. The lowest BCUT2D eigenvalue weighted by Crippen LogP contribution is -2.17. The Kier molecular flexibility index (Phi) is 3.90. The maximum absolute atomic E-state index is 12.7. The first kappa shape index (κ1) is 14.4. The lowest BCUT2D eigenvalue weighted by molar-refractivity contribution is -0.141.